The lowest BCUT2D eigenvalue weighted by atomic mass is 10.2. The molecular weight excluding hydrogens is 322 g/mol. The van der Waals surface area contributed by atoms with Gasteiger partial charge in [0, 0.05) is 12.1 Å². The van der Waals surface area contributed by atoms with Gasteiger partial charge in [-0.05, 0) is 35.9 Å². The normalized spacial score (nSPS) is 11.3. The molecule has 0 aliphatic heterocycles. The number of methoxy groups -OCH3 is 1. The summed E-state index contributed by atoms with van der Waals surface area (Å²) in [5.41, 5.74) is 0.347. The number of hydrogen-bond donors (Lipinski definition) is 1. The van der Waals surface area contributed by atoms with Gasteiger partial charge in [-0.1, -0.05) is 6.07 Å². The highest BCUT2D eigenvalue weighted by atomic mass is 32.2. The van der Waals surface area contributed by atoms with Gasteiger partial charge in [0.25, 0.3) is 15.7 Å². The zero-order chi connectivity index (χ0) is 16.9. The number of sulfonamides is 1. The summed E-state index contributed by atoms with van der Waals surface area (Å²) in [4.78, 5) is 11.8. The maximum absolute atomic E-state index is 12.0. The summed E-state index contributed by atoms with van der Waals surface area (Å²) in [7, 11) is -2.44. The van der Waals surface area contributed by atoms with Crippen molar-refractivity contribution >= 4 is 21.9 Å². The molecule has 0 spiro atoms. The first-order valence-electron chi connectivity index (χ1n) is 6.36. The second-order valence-corrected chi connectivity index (χ2v) is 6.04. The Morgan fingerprint density at radius 1 is 1.22 bits per heavy atom. The van der Waals surface area contributed by atoms with Crippen molar-refractivity contribution in [1.82, 2.24) is 4.83 Å². The summed E-state index contributed by atoms with van der Waals surface area (Å²) in [5, 5.41) is 14.3. The predicted octanol–water partition coefficient (Wildman–Crippen LogP) is 1.92. The maximum atomic E-state index is 12.0. The molecule has 1 N–H and O–H groups in total. The van der Waals surface area contributed by atoms with E-state index in [0.717, 1.165) is 6.07 Å². The number of nitrogens with one attached hydrogen (secondary N) is 1. The second kappa shape index (κ2) is 6.88. The minimum absolute atomic E-state index is 0.237. The van der Waals surface area contributed by atoms with Crippen molar-refractivity contribution in [3.05, 3.63) is 64.2 Å². The minimum Gasteiger partial charge on any atom is -0.497 e. The third-order valence-corrected chi connectivity index (χ3v) is 4.06. The van der Waals surface area contributed by atoms with E-state index < -0.39 is 14.9 Å². The van der Waals surface area contributed by atoms with E-state index in [4.69, 9.17) is 4.74 Å². The maximum Gasteiger partial charge on any atom is 0.276 e. The van der Waals surface area contributed by atoms with Gasteiger partial charge in [-0.3, -0.25) is 10.1 Å². The molecule has 0 saturated carbocycles. The number of hydrogen-bond acceptors (Lipinski definition) is 6. The van der Waals surface area contributed by atoms with Crippen LogP contribution in [0.25, 0.3) is 0 Å². The molecule has 23 heavy (non-hydrogen) atoms. The minimum atomic E-state index is -3.98. The Morgan fingerprint density at radius 2 is 1.91 bits per heavy atom. The van der Waals surface area contributed by atoms with Crippen molar-refractivity contribution in [3.8, 4) is 5.75 Å². The molecule has 120 valence electrons. The predicted molar refractivity (Wildman–Crippen MR) is 84.0 cm³/mol. The molecule has 0 saturated heterocycles. The van der Waals surface area contributed by atoms with E-state index in [1.54, 1.807) is 24.3 Å². The first-order valence-corrected chi connectivity index (χ1v) is 7.84. The first kappa shape index (κ1) is 16.4. The van der Waals surface area contributed by atoms with Gasteiger partial charge in [0.2, 0.25) is 0 Å². The fourth-order valence-electron chi connectivity index (χ4n) is 1.68. The molecule has 2 rings (SSSR count). The van der Waals surface area contributed by atoms with Crippen LogP contribution in [0.15, 0.2) is 58.5 Å². The zero-order valence-corrected chi connectivity index (χ0v) is 12.9. The second-order valence-electron chi connectivity index (χ2n) is 4.38. The molecule has 0 heterocycles. The van der Waals surface area contributed by atoms with Gasteiger partial charge in [0.05, 0.1) is 23.1 Å². The van der Waals surface area contributed by atoms with Crippen LogP contribution in [0.5, 0.6) is 5.75 Å². The summed E-state index contributed by atoms with van der Waals surface area (Å²) in [6.45, 7) is 0. The number of rotatable bonds is 6. The van der Waals surface area contributed by atoms with Crippen LogP contribution in [0.4, 0.5) is 5.69 Å². The molecular formula is C14H13N3O5S. The molecule has 0 atom stereocenters. The number of non-ortho nitro benzene ring substituents is 1. The fourth-order valence-corrected chi connectivity index (χ4v) is 2.51. The summed E-state index contributed by atoms with van der Waals surface area (Å²) in [6.07, 6.45) is 1.31. The molecule has 0 bridgehead atoms. The number of hydrazone groups is 1. The van der Waals surface area contributed by atoms with Crippen molar-refractivity contribution in [2.45, 2.75) is 4.90 Å². The van der Waals surface area contributed by atoms with Gasteiger partial charge in [-0.15, -0.1) is 0 Å². The van der Waals surface area contributed by atoms with Crippen LogP contribution in [0.2, 0.25) is 0 Å². The Bertz CT molecular complexity index is 832. The van der Waals surface area contributed by atoms with Crippen LogP contribution < -0.4 is 9.57 Å². The van der Waals surface area contributed by atoms with Crippen LogP contribution in [-0.2, 0) is 10.0 Å². The van der Waals surface area contributed by atoms with Gasteiger partial charge in [0.15, 0.2) is 0 Å². The first-order chi connectivity index (χ1) is 10.9. The number of nitro groups is 1. The van der Waals surface area contributed by atoms with Gasteiger partial charge in [0.1, 0.15) is 5.75 Å². The highest BCUT2D eigenvalue weighted by Crippen LogP contribution is 2.17. The van der Waals surface area contributed by atoms with E-state index in [9.17, 15) is 18.5 Å². The molecule has 8 nitrogen and oxygen atoms in total. The quantitative estimate of drug-likeness (QED) is 0.492. The smallest absolute Gasteiger partial charge is 0.276 e. The van der Waals surface area contributed by atoms with E-state index in [2.05, 4.69) is 5.10 Å². The Labute approximate surface area is 132 Å². The van der Waals surface area contributed by atoms with E-state index >= 15 is 0 Å². The molecule has 0 unspecified atom stereocenters. The summed E-state index contributed by atoms with van der Waals surface area (Å²) in [5.74, 6) is 0.666. The standard InChI is InChI=1S/C14H13N3O5S/c1-22-13-7-5-11(6-8-13)10-15-16-23(20,21)14-4-2-3-12(9-14)17(18)19/h2-10,16H,1H3/b15-10+. The third kappa shape index (κ3) is 4.27. The van der Waals surface area contributed by atoms with Crippen molar-refractivity contribution in [2.24, 2.45) is 5.10 Å². The molecule has 0 radical (unpaired) electrons. The van der Waals surface area contributed by atoms with E-state index in [1.165, 1.54) is 31.5 Å². The topological polar surface area (TPSA) is 111 Å². The molecule has 2 aromatic carbocycles. The number of nitro benzene ring substituents is 1. The van der Waals surface area contributed by atoms with E-state index in [0.29, 0.717) is 11.3 Å². The zero-order valence-electron chi connectivity index (χ0n) is 12.0. The Hall–Kier alpha value is -2.94. The van der Waals surface area contributed by atoms with E-state index in [1.807, 2.05) is 4.83 Å². The van der Waals surface area contributed by atoms with Crippen LogP contribution in [0, 0.1) is 10.1 Å². The van der Waals surface area contributed by atoms with Crippen LogP contribution >= 0.6 is 0 Å². The average Bonchev–Trinajstić information content (AvgIpc) is 2.55. The van der Waals surface area contributed by atoms with E-state index in [-0.39, 0.29) is 10.6 Å². The lowest BCUT2D eigenvalue weighted by Crippen LogP contribution is -2.18. The molecule has 0 aromatic heterocycles. The van der Waals surface area contributed by atoms with Crippen molar-refractivity contribution < 1.29 is 18.1 Å². The van der Waals surface area contributed by atoms with Crippen molar-refractivity contribution in [1.29, 1.82) is 0 Å². The Balaban J connectivity index is 2.13. The van der Waals surface area contributed by atoms with Gasteiger partial charge >= 0.3 is 0 Å². The highest BCUT2D eigenvalue weighted by molar-refractivity contribution is 7.89. The van der Waals surface area contributed by atoms with Crippen molar-refractivity contribution in [3.63, 3.8) is 0 Å². The number of benzene rings is 2. The molecule has 0 aliphatic rings. The fraction of sp³-hybridized carbons (Fsp3) is 0.0714. The van der Waals surface area contributed by atoms with Crippen LogP contribution in [-0.4, -0.2) is 26.7 Å². The van der Waals surface area contributed by atoms with Gasteiger partial charge in [-0.25, -0.2) is 4.83 Å². The monoisotopic (exact) mass is 335 g/mol. The molecule has 0 fully saturated rings. The third-order valence-electron chi connectivity index (χ3n) is 2.84. The summed E-state index contributed by atoms with van der Waals surface area (Å²) >= 11 is 0. The lowest BCUT2D eigenvalue weighted by Gasteiger charge is -2.03. The number of nitrogens with zero attached hydrogens (tertiary/aromatic N) is 2. The van der Waals surface area contributed by atoms with Crippen LogP contribution in [0.1, 0.15) is 5.56 Å². The summed E-state index contributed by atoms with van der Waals surface area (Å²) in [6, 6.07) is 11.5. The number of ether oxygens (including phenoxy) is 1. The SMILES string of the molecule is COc1ccc(/C=N/NS(=O)(=O)c2cccc([N+](=O)[O-])c2)cc1. The molecule has 0 amide bonds. The van der Waals surface area contributed by atoms with Gasteiger partial charge in [-0.2, -0.15) is 13.5 Å². The highest BCUT2D eigenvalue weighted by Gasteiger charge is 2.16. The molecule has 0 aliphatic carbocycles. The van der Waals surface area contributed by atoms with Crippen molar-refractivity contribution in [2.75, 3.05) is 7.11 Å². The lowest BCUT2D eigenvalue weighted by molar-refractivity contribution is -0.385. The van der Waals surface area contributed by atoms with Gasteiger partial charge < -0.3 is 4.74 Å². The Kier molecular flexibility index (Phi) is 4.91. The largest absolute Gasteiger partial charge is 0.497 e. The molecule has 9 heteroatoms. The summed E-state index contributed by atoms with van der Waals surface area (Å²) < 4.78 is 29.1. The Morgan fingerprint density at radius 3 is 2.52 bits per heavy atom. The molecule has 2 aromatic rings. The van der Waals surface area contributed by atoms with Crippen LogP contribution in [0.3, 0.4) is 0 Å². The average molecular weight is 335 g/mol.